The summed E-state index contributed by atoms with van der Waals surface area (Å²) in [5.41, 5.74) is 0.216. The molecular weight excluding hydrogens is 266 g/mol. The molecule has 1 aliphatic carbocycles. The van der Waals surface area contributed by atoms with Gasteiger partial charge in [-0.2, -0.15) is 0 Å². The molecule has 2 rings (SSSR count). The quantitative estimate of drug-likeness (QED) is 0.884. The highest BCUT2D eigenvalue weighted by Gasteiger charge is 2.42. The molecular formula is C13H17NO4S. The summed E-state index contributed by atoms with van der Waals surface area (Å²) in [5.74, 6) is -0.832. The summed E-state index contributed by atoms with van der Waals surface area (Å²) in [6, 6.07) is 6.69. The molecule has 0 heterocycles. The van der Waals surface area contributed by atoms with E-state index < -0.39 is 21.4 Å². The molecule has 1 aliphatic rings. The molecule has 0 bridgehead atoms. The number of nitrogens with one attached hydrogen (secondary N) is 1. The van der Waals surface area contributed by atoms with Crippen molar-refractivity contribution in [3.8, 4) is 0 Å². The van der Waals surface area contributed by atoms with Gasteiger partial charge in [0.25, 0.3) is 0 Å². The van der Waals surface area contributed by atoms with E-state index in [2.05, 4.69) is 4.72 Å². The summed E-state index contributed by atoms with van der Waals surface area (Å²) in [7, 11) is -3.35. The third-order valence-corrected chi connectivity index (χ3v) is 4.19. The second kappa shape index (κ2) is 4.85. The second-order valence-electron chi connectivity index (χ2n) is 5.05. The van der Waals surface area contributed by atoms with Gasteiger partial charge in [0.2, 0.25) is 10.0 Å². The first-order valence-electron chi connectivity index (χ1n) is 6.15. The molecule has 6 heteroatoms. The molecule has 0 radical (unpaired) electrons. The predicted octanol–water partition coefficient (Wildman–Crippen LogP) is 1.95. The van der Waals surface area contributed by atoms with Crippen LogP contribution < -0.4 is 4.72 Å². The smallest absolute Gasteiger partial charge is 0.314 e. The van der Waals surface area contributed by atoms with E-state index in [4.69, 9.17) is 0 Å². The molecule has 0 aliphatic heterocycles. The highest BCUT2D eigenvalue weighted by molar-refractivity contribution is 7.92. The van der Waals surface area contributed by atoms with Crippen molar-refractivity contribution in [2.24, 2.45) is 0 Å². The zero-order chi connectivity index (χ0) is 14.1. The molecule has 0 spiro atoms. The van der Waals surface area contributed by atoms with Crippen LogP contribution in [0.2, 0.25) is 0 Å². The zero-order valence-electron chi connectivity index (χ0n) is 10.7. The van der Waals surface area contributed by atoms with Crippen molar-refractivity contribution in [3.05, 3.63) is 29.8 Å². The first-order chi connectivity index (χ1) is 8.83. The molecule has 19 heavy (non-hydrogen) atoms. The molecule has 5 nitrogen and oxygen atoms in total. The molecule has 0 saturated heterocycles. The first kappa shape index (κ1) is 13.9. The summed E-state index contributed by atoms with van der Waals surface area (Å²) >= 11 is 0. The molecule has 104 valence electrons. The van der Waals surface area contributed by atoms with Crippen molar-refractivity contribution in [2.45, 2.75) is 31.1 Å². The van der Waals surface area contributed by atoms with Gasteiger partial charge in [-0.1, -0.05) is 25.0 Å². The lowest BCUT2D eigenvalue weighted by atomic mass is 9.79. The maximum Gasteiger partial charge on any atom is 0.314 e. The summed E-state index contributed by atoms with van der Waals surface area (Å²) in [6.07, 6.45) is 4.05. The average molecular weight is 283 g/mol. The lowest BCUT2D eigenvalue weighted by Gasteiger charge is -2.24. The Morgan fingerprint density at radius 1 is 1.32 bits per heavy atom. The van der Waals surface area contributed by atoms with E-state index in [1.54, 1.807) is 24.3 Å². The second-order valence-corrected chi connectivity index (χ2v) is 6.80. The van der Waals surface area contributed by atoms with E-state index in [1.807, 2.05) is 0 Å². The van der Waals surface area contributed by atoms with Crippen LogP contribution in [0.4, 0.5) is 5.69 Å². The van der Waals surface area contributed by atoms with E-state index >= 15 is 0 Å². The van der Waals surface area contributed by atoms with E-state index in [0.717, 1.165) is 19.1 Å². The van der Waals surface area contributed by atoms with Crippen molar-refractivity contribution >= 4 is 21.7 Å². The van der Waals surface area contributed by atoms with Crippen LogP contribution in [-0.2, 0) is 20.2 Å². The van der Waals surface area contributed by atoms with Gasteiger partial charge in [-0.25, -0.2) is 8.42 Å². The third-order valence-electron chi connectivity index (χ3n) is 3.58. The Morgan fingerprint density at radius 3 is 2.47 bits per heavy atom. The summed E-state index contributed by atoms with van der Waals surface area (Å²) < 4.78 is 24.8. The van der Waals surface area contributed by atoms with Gasteiger partial charge in [0.1, 0.15) is 0 Å². The lowest BCUT2D eigenvalue weighted by molar-refractivity contribution is -0.143. The van der Waals surface area contributed by atoms with Crippen molar-refractivity contribution < 1.29 is 18.3 Å². The van der Waals surface area contributed by atoms with Gasteiger partial charge >= 0.3 is 5.97 Å². The van der Waals surface area contributed by atoms with E-state index in [9.17, 15) is 18.3 Å². The van der Waals surface area contributed by atoms with Gasteiger partial charge in [0.15, 0.2) is 0 Å². The number of hydrogen-bond acceptors (Lipinski definition) is 3. The Balaban J connectivity index is 2.40. The van der Waals surface area contributed by atoms with Crippen molar-refractivity contribution in [3.63, 3.8) is 0 Å². The lowest BCUT2D eigenvalue weighted by Crippen LogP contribution is -2.32. The minimum absolute atomic E-state index is 0.410. The van der Waals surface area contributed by atoms with E-state index in [0.29, 0.717) is 24.1 Å². The van der Waals surface area contributed by atoms with Crippen LogP contribution in [0.15, 0.2) is 24.3 Å². The Bertz CT molecular complexity index is 588. The number of carboxylic acids is 1. The van der Waals surface area contributed by atoms with Crippen molar-refractivity contribution in [1.29, 1.82) is 0 Å². The van der Waals surface area contributed by atoms with Crippen LogP contribution in [0.25, 0.3) is 0 Å². The van der Waals surface area contributed by atoms with E-state index in [-0.39, 0.29) is 0 Å². The minimum Gasteiger partial charge on any atom is -0.481 e. The molecule has 1 aromatic carbocycles. The standard InChI is InChI=1S/C13H17NO4S/c1-19(17,18)14-11-6-4-5-10(9-11)13(12(15)16)7-2-3-8-13/h4-6,9,14H,2-3,7-8H2,1H3,(H,15,16). The molecule has 1 fully saturated rings. The maximum absolute atomic E-state index is 11.6. The van der Waals surface area contributed by atoms with Crippen molar-refractivity contribution in [1.82, 2.24) is 0 Å². The van der Waals surface area contributed by atoms with Crippen LogP contribution in [0.3, 0.4) is 0 Å². The number of carbonyl (C=O) groups is 1. The molecule has 1 aromatic rings. The summed E-state index contributed by atoms with van der Waals surface area (Å²) in [4.78, 5) is 11.6. The van der Waals surface area contributed by atoms with Crippen LogP contribution in [0, 0.1) is 0 Å². The number of aliphatic carboxylic acids is 1. The fraction of sp³-hybridized carbons (Fsp3) is 0.462. The Morgan fingerprint density at radius 2 is 1.95 bits per heavy atom. The van der Waals surface area contributed by atoms with Gasteiger partial charge in [-0.15, -0.1) is 0 Å². The first-order valence-corrected chi connectivity index (χ1v) is 8.04. The Hall–Kier alpha value is -1.56. The number of benzene rings is 1. The molecule has 0 unspecified atom stereocenters. The zero-order valence-corrected chi connectivity index (χ0v) is 11.5. The minimum atomic E-state index is -3.35. The van der Waals surface area contributed by atoms with Crippen molar-refractivity contribution in [2.75, 3.05) is 11.0 Å². The number of anilines is 1. The van der Waals surface area contributed by atoms with Crippen LogP contribution in [0.5, 0.6) is 0 Å². The highest BCUT2D eigenvalue weighted by atomic mass is 32.2. The number of rotatable bonds is 4. The molecule has 0 aromatic heterocycles. The average Bonchev–Trinajstić information content (AvgIpc) is 2.77. The number of sulfonamides is 1. The highest BCUT2D eigenvalue weighted by Crippen LogP contribution is 2.42. The molecule has 2 N–H and O–H groups in total. The summed E-state index contributed by atoms with van der Waals surface area (Å²) in [5, 5.41) is 9.50. The number of hydrogen-bond donors (Lipinski definition) is 2. The van der Waals surface area contributed by atoms with Gasteiger partial charge in [-0.3, -0.25) is 9.52 Å². The van der Waals surface area contributed by atoms with Crippen LogP contribution in [0.1, 0.15) is 31.2 Å². The fourth-order valence-electron chi connectivity index (χ4n) is 2.70. The van der Waals surface area contributed by atoms with Gasteiger partial charge in [-0.05, 0) is 30.5 Å². The van der Waals surface area contributed by atoms with Gasteiger partial charge in [0, 0.05) is 5.69 Å². The van der Waals surface area contributed by atoms with E-state index in [1.165, 1.54) is 0 Å². The number of carboxylic acid groups (broad SMARTS) is 1. The monoisotopic (exact) mass is 283 g/mol. The van der Waals surface area contributed by atoms with Crippen LogP contribution in [-0.4, -0.2) is 25.7 Å². The predicted molar refractivity (Wildman–Crippen MR) is 72.7 cm³/mol. The van der Waals surface area contributed by atoms with Gasteiger partial charge < -0.3 is 5.11 Å². The largest absolute Gasteiger partial charge is 0.481 e. The molecule has 0 atom stereocenters. The Kier molecular flexibility index (Phi) is 3.54. The summed E-state index contributed by atoms with van der Waals surface area (Å²) in [6.45, 7) is 0. The van der Waals surface area contributed by atoms with Gasteiger partial charge in [0.05, 0.1) is 11.7 Å². The molecule has 1 saturated carbocycles. The topological polar surface area (TPSA) is 83.5 Å². The Labute approximate surface area is 112 Å². The molecule has 0 amide bonds. The normalized spacial score (nSPS) is 18.2. The maximum atomic E-state index is 11.6. The van der Waals surface area contributed by atoms with Crippen LogP contribution >= 0.6 is 0 Å². The third kappa shape index (κ3) is 2.89. The SMILES string of the molecule is CS(=O)(=O)Nc1cccc(C2(C(=O)O)CCCC2)c1. The fourth-order valence-corrected chi connectivity index (χ4v) is 3.25.